The summed E-state index contributed by atoms with van der Waals surface area (Å²) in [6.45, 7) is 1.97. The van der Waals surface area contributed by atoms with Gasteiger partial charge in [-0.2, -0.15) is 9.61 Å². The van der Waals surface area contributed by atoms with E-state index in [0.29, 0.717) is 10.8 Å². The van der Waals surface area contributed by atoms with E-state index in [1.54, 1.807) is 4.52 Å². The van der Waals surface area contributed by atoms with Crippen LogP contribution in [0, 0.1) is 0 Å². The summed E-state index contributed by atoms with van der Waals surface area (Å²) in [4.78, 5) is 0.735. The Labute approximate surface area is 147 Å². The van der Waals surface area contributed by atoms with E-state index in [1.807, 2.05) is 61.5 Å². The number of benzene rings is 2. The van der Waals surface area contributed by atoms with E-state index < -0.39 is 0 Å². The second-order valence-corrected chi connectivity index (χ2v) is 6.66. The van der Waals surface area contributed by atoms with Gasteiger partial charge in [0.15, 0.2) is 10.8 Å². The van der Waals surface area contributed by atoms with Crippen molar-refractivity contribution < 1.29 is 4.74 Å². The molecule has 2 aromatic heterocycles. The quantitative estimate of drug-likeness (QED) is 0.534. The minimum atomic E-state index is -0.169. The number of halogens is 1. The van der Waals surface area contributed by atoms with Gasteiger partial charge in [-0.05, 0) is 43.3 Å². The first-order valence-electron chi connectivity index (χ1n) is 7.40. The molecule has 4 rings (SSSR count). The Balaban J connectivity index is 1.65. The van der Waals surface area contributed by atoms with E-state index in [-0.39, 0.29) is 6.10 Å². The Morgan fingerprint density at radius 2 is 1.79 bits per heavy atom. The maximum Gasteiger partial charge on any atom is 0.235 e. The summed E-state index contributed by atoms with van der Waals surface area (Å²) in [6, 6.07) is 17.2. The molecule has 24 heavy (non-hydrogen) atoms. The van der Waals surface area contributed by atoms with Crippen LogP contribution in [-0.2, 0) is 0 Å². The molecule has 0 unspecified atom stereocenters. The minimum Gasteiger partial charge on any atom is -0.483 e. The van der Waals surface area contributed by atoms with Crippen molar-refractivity contribution in [1.29, 1.82) is 0 Å². The number of hydrogen-bond donors (Lipinski definition) is 0. The van der Waals surface area contributed by atoms with Gasteiger partial charge in [0, 0.05) is 10.6 Å². The van der Waals surface area contributed by atoms with Crippen LogP contribution >= 0.6 is 22.9 Å². The predicted octanol–water partition coefficient (Wildman–Crippen LogP) is 4.65. The largest absolute Gasteiger partial charge is 0.483 e. The molecule has 4 aromatic rings. The normalized spacial score (nSPS) is 12.4. The summed E-state index contributed by atoms with van der Waals surface area (Å²) in [5, 5.41) is 14.6. The average Bonchev–Trinajstić information content (AvgIpc) is 3.17. The molecule has 0 aliphatic heterocycles. The fourth-order valence-electron chi connectivity index (χ4n) is 2.33. The van der Waals surface area contributed by atoms with Crippen LogP contribution in [0.1, 0.15) is 18.0 Å². The van der Waals surface area contributed by atoms with Crippen LogP contribution in [0.5, 0.6) is 5.75 Å². The average molecular weight is 357 g/mol. The molecule has 0 saturated heterocycles. The van der Waals surface area contributed by atoms with Crippen molar-refractivity contribution >= 4 is 27.9 Å². The highest BCUT2D eigenvalue weighted by atomic mass is 35.5. The molecule has 0 saturated carbocycles. The molecular weight excluding hydrogens is 344 g/mol. The maximum atomic E-state index is 5.94. The summed E-state index contributed by atoms with van der Waals surface area (Å²) in [5.41, 5.74) is 0.917. The van der Waals surface area contributed by atoms with E-state index in [1.165, 1.54) is 11.3 Å². The van der Waals surface area contributed by atoms with Gasteiger partial charge in [-0.1, -0.05) is 41.1 Å². The zero-order valence-corrected chi connectivity index (χ0v) is 14.3. The van der Waals surface area contributed by atoms with Gasteiger partial charge >= 0.3 is 0 Å². The van der Waals surface area contributed by atoms with Gasteiger partial charge in [0.25, 0.3) is 0 Å². The van der Waals surface area contributed by atoms with Gasteiger partial charge in [-0.25, -0.2) is 0 Å². The van der Waals surface area contributed by atoms with Crippen LogP contribution in [0.15, 0.2) is 54.6 Å². The van der Waals surface area contributed by atoms with Gasteiger partial charge in [-0.15, -0.1) is 10.2 Å². The molecule has 5 nitrogen and oxygen atoms in total. The van der Waals surface area contributed by atoms with Gasteiger partial charge < -0.3 is 4.74 Å². The van der Waals surface area contributed by atoms with Crippen molar-refractivity contribution in [1.82, 2.24) is 19.8 Å². The number of fused-ring (bicyclic) bond motifs is 1. The lowest BCUT2D eigenvalue weighted by Crippen LogP contribution is -2.03. The van der Waals surface area contributed by atoms with E-state index in [4.69, 9.17) is 16.3 Å². The molecule has 0 fully saturated rings. The lowest BCUT2D eigenvalue weighted by molar-refractivity contribution is 0.225. The van der Waals surface area contributed by atoms with Crippen molar-refractivity contribution in [2.24, 2.45) is 0 Å². The Kier molecular flexibility index (Phi) is 3.92. The molecule has 0 aliphatic carbocycles. The highest BCUT2D eigenvalue weighted by Gasteiger charge is 2.18. The van der Waals surface area contributed by atoms with E-state index >= 15 is 0 Å². The predicted molar refractivity (Wildman–Crippen MR) is 94.6 cm³/mol. The number of ether oxygens (including phenoxy) is 1. The van der Waals surface area contributed by atoms with E-state index in [9.17, 15) is 0 Å². The van der Waals surface area contributed by atoms with Crippen LogP contribution in [0.3, 0.4) is 0 Å². The molecule has 2 aromatic carbocycles. The first kappa shape index (κ1) is 15.1. The lowest BCUT2D eigenvalue weighted by atomic mass is 10.2. The molecule has 0 N–H and O–H groups in total. The fourth-order valence-corrected chi connectivity index (χ4v) is 3.27. The van der Waals surface area contributed by atoms with Crippen molar-refractivity contribution in [3.05, 3.63) is 64.6 Å². The monoisotopic (exact) mass is 356 g/mol. The molecule has 120 valence electrons. The van der Waals surface area contributed by atoms with Gasteiger partial charge in [0.05, 0.1) is 0 Å². The molecule has 0 bridgehead atoms. The zero-order valence-electron chi connectivity index (χ0n) is 12.8. The molecule has 0 amide bonds. The Morgan fingerprint density at radius 3 is 2.54 bits per heavy atom. The van der Waals surface area contributed by atoms with Crippen LogP contribution in [-0.4, -0.2) is 19.8 Å². The number of aromatic nitrogens is 4. The van der Waals surface area contributed by atoms with Gasteiger partial charge in [-0.3, -0.25) is 0 Å². The van der Waals surface area contributed by atoms with Gasteiger partial charge in [0.2, 0.25) is 4.96 Å². The minimum absolute atomic E-state index is 0.169. The van der Waals surface area contributed by atoms with Crippen molar-refractivity contribution in [3.63, 3.8) is 0 Å². The SMILES string of the molecule is C[C@@H](Oc1ccccc1)c1nn2c(-c3ccc(Cl)cc3)nnc2s1. The third-order valence-electron chi connectivity index (χ3n) is 3.51. The van der Waals surface area contributed by atoms with Crippen LogP contribution in [0.2, 0.25) is 5.02 Å². The summed E-state index contributed by atoms with van der Waals surface area (Å²) in [6.07, 6.45) is -0.169. The molecule has 7 heteroatoms. The summed E-state index contributed by atoms with van der Waals surface area (Å²) in [5.74, 6) is 1.50. The summed E-state index contributed by atoms with van der Waals surface area (Å²) >= 11 is 7.41. The number of para-hydroxylation sites is 1. The fraction of sp³-hybridized carbons (Fsp3) is 0.118. The van der Waals surface area contributed by atoms with E-state index in [0.717, 1.165) is 21.3 Å². The Bertz CT molecular complexity index is 965. The number of hydrogen-bond acceptors (Lipinski definition) is 5. The third kappa shape index (κ3) is 2.86. The van der Waals surface area contributed by atoms with Crippen LogP contribution < -0.4 is 4.74 Å². The Hall–Kier alpha value is -2.44. The van der Waals surface area contributed by atoms with Crippen molar-refractivity contribution in [2.75, 3.05) is 0 Å². The third-order valence-corrected chi connectivity index (χ3v) is 4.82. The van der Waals surface area contributed by atoms with Crippen LogP contribution in [0.4, 0.5) is 0 Å². The Morgan fingerprint density at radius 1 is 1.04 bits per heavy atom. The smallest absolute Gasteiger partial charge is 0.235 e. The first-order chi connectivity index (χ1) is 11.7. The molecule has 0 spiro atoms. The second kappa shape index (κ2) is 6.22. The lowest BCUT2D eigenvalue weighted by Gasteiger charge is -2.11. The van der Waals surface area contributed by atoms with E-state index in [2.05, 4.69) is 15.3 Å². The number of nitrogens with zero attached hydrogens (tertiary/aromatic N) is 4. The van der Waals surface area contributed by atoms with Crippen molar-refractivity contribution in [3.8, 4) is 17.1 Å². The summed E-state index contributed by atoms with van der Waals surface area (Å²) in [7, 11) is 0. The number of rotatable bonds is 4. The standard InChI is InChI=1S/C17H13ClN4OS/c1-11(23-14-5-3-2-4-6-14)16-21-22-15(19-20-17(22)24-16)12-7-9-13(18)10-8-12/h2-11H,1H3/t11-/m1/s1. The van der Waals surface area contributed by atoms with Gasteiger partial charge in [0.1, 0.15) is 11.9 Å². The topological polar surface area (TPSA) is 52.3 Å². The first-order valence-corrected chi connectivity index (χ1v) is 8.60. The molecule has 0 aliphatic rings. The highest BCUT2D eigenvalue weighted by Crippen LogP contribution is 2.28. The zero-order chi connectivity index (χ0) is 16.5. The highest BCUT2D eigenvalue weighted by molar-refractivity contribution is 7.16. The van der Waals surface area contributed by atoms with Crippen LogP contribution in [0.25, 0.3) is 16.3 Å². The summed E-state index contributed by atoms with van der Waals surface area (Å²) < 4.78 is 7.67. The molecule has 1 atom stereocenters. The molecular formula is C17H13ClN4OS. The van der Waals surface area contributed by atoms with Crippen molar-refractivity contribution in [2.45, 2.75) is 13.0 Å². The second-order valence-electron chi connectivity index (χ2n) is 5.24. The molecule has 2 heterocycles. The molecule has 0 radical (unpaired) electrons. The maximum absolute atomic E-state index is 5.94.